The Kier molecular flexibility index (Phi) is 2.95. The first kappa shape index (κ1) is 10.4. The molecule has 16 heavy (non-hydrogen) atoms. The van der Waals surface area contributed by atoms with E-state index in [1.165, 1.54) is 0 Å². The van der Waals surface area contributed by atoms with Gasteiger partial charge in [0, 0.05) is 7.05 Å². The second-order valence-electron chi connectivity index (χ2n) is 3.33. The topological polar surface area (TPSA) is 59.8 Å². The van der Waals surface area contributed by atoms with Crippen molar-refractivity contribution in [3.05, 3.63) is 48.0 Å². The number of benzene rings is 1. The predicted molar refractivity (Wildman–Crippen MR) is 59.0 cm³/mol. The van der Waals surface area contributed by atoms with Gasteiger partial charge in [-0.3, -0.25) is 4.79 Å². The molecule has 0 unspecified atom stereocenters. The van der Waals surface area contributed by atoms with Gasteiger partial charge >= 0.3 is 0 Å². The number of carbonyl (C=O) groups excluding carboxylic acids is 1. The van der Waals surface area contributed by atoms with E-state index < -0.39 is 0 Å². The number of rotatable bonds is 3. The van der Waals surface area contributed by atoms with E-state index in [-0.39, 0.29) is 11.7 Å². The second-order valence-corrected chi connectivity index (χ2v) is 3.33. The highest BCUT2D eigenvalue weighted by atomic mass is 16.2. The quantitative estimate of drug-likeness (QED) is 0.821. The molecule has 2 rings (SSSR count). The predicted octanol–water partition coefficient (Wildman–Crippen LogP) is 0.686. The van der Waals surface area contributed by atoms with Crippen LogP contribution in [0.2, 0.25) is 0 Å². The summed E-state index contributed by atoms with van der Waals surface area (Å²) >= 11 is 0. The van der Waals surface area contributed by atoms with Crippen LogP contribution in [0.3, 0.4) is 0 Å². The molecule has 1 aromatic carbocycles. The normalized spacial score (nSPS) is 10.1. The van der Waals surface area contributed by atoms with E-state index >= 15 is 0 Å². The summed E-state index contributed by atoms with van der Waals surface area (Å²) in [7, 11) is 1.56. The third kappa shape index (κ3) is 2.25. The fourth-order valence-corrected chi connectivity index (χ4v) is 1.36. The van der Waals surface area contributed by atoms with E-state index in [1.807, 2.05) is 30.3 Å². The van der Waals surface area contributed by atoms with Crippen molar-refractivity contribution in [2.75, 3.05) is 7.05 Å². The molecule has 0 aliphatic rings. The van der Waals surface area contributed by atoms with E-state index in [9.17, 15) is 4.79 Å². The Balaban J connectivity index is 2.12. The molecule has 82 valence electrons. The zero-order valence-electron chi connectivity index (χ0n) is 8.92. The van der Waals surface area contributed by atoms with Crippen LogP contribution in [0.4, 0.5) is 0 Å². The van der Waals surface area contributed by atoms with Gasteiger partial charge in [-0.2, -0.15) is 0 Å². The van der Waals surface area contributed by atoms with Crippen molar-refractivity contribution >= 4 is 5.91 Å². The third-order valence-electron chi connectivity index (χ3n) is 2.15. The molecule has 0 aliphatic heterocycles. The summed E-state index contributed by atoms with van der Waals surface area (Å²) in [4.78, 5) is 15.2. The molecular formula is C11H12N4O. The lowest BCUT2D eigenvalue weighted by atomic mass is 10.2. The molecule has 1 heterocycles. The zero-order chi connectivity index (χ0) is 11.4. The maximum absolute atomic E-state index is 11.2. The number of amides is 1. The maximum atomic E-state index is 11.2. The van der Waals surface area contributed by atoms with Crippen molar-refractivity contribution in [2.45, 2.75) is 6.54 Å². The van der Waals surface area contributed by atoms with Crippen LogP contribution in [0.15, 0.2) is 36.7 Å². The van der Waals surface area contributed by atoms with E-state index in [0.29, 0.717) is 6.54 Å². The third-order valence-corrected chi connectivity index (χ3v) is 2.15. The lowest BCUT2D eigenvalue weighted by molar-refractivity contribution is 0.0952. The Labute approximate surface area is 93.1 Å². The molecule has 1 N–H and O–H groups in total. The minimum atomic E-state index is -0.271. The fourth-order valence-electron chi connectivity index (χ4n) is 1.36. The summed E-state index contributed by atoms with van der Waals surface area (Å²) in [5, 5.41) is 6.55. The number of nitrogens with one attached hydrogen (secondary N) is 1. The van der Waals surface area contributed by atoms with E-state index in [4.69, 9.17) is 0 Å². The Bertz CT molecular complexity index is 478. The van der Waals surface area contributed by atoms with Gasteiger partial charge < -0.3 is 5.32 Å². The van der Waals surface area contributed by atoms with Crippen LogP contribution in [0.5, 0.6) is 0 Å². The Morgan fingerprint density at radius 3 is 2.81 bits per heavy atom. The summed E-state index contributed by atoms with van der Waals surface area (Å²) in [6, 6.07) is 9.89. The van der Waals surface area contributed by atoms with Crippen LogP contribution in [0.1, 0.15) is 16.2 Å². The number of hydrogen-bond acceptors (Lipinski definition) is 3. The van der Waals surface area contributed by atoms with Crippen LogP contribution in [-0.4, -0.2) is 27.7 Å². The van der Waals surface area contributed by atoms with Gasteiger partial charge in [0.05, 0.1) is 6.54 Å². The molecular weight excluding hydrogens is 204 g/mol. The molecule has 0 atom stereocenters. The Hall–Kier alpha value is -2.17. The first-order valence-electron chi connectivity index (χ1n) is 4.95. The molecule has 0 fully saturated rings. The lowest BCUT2D eigenvalue weighted by Crippen LogP contribution is -2.19. The summed E-state index contributed by atoms with van der Waals surface area (Å²) in [5.74, 6) is -0.0785. The highest BCUT2D eigenvalue weighted by Gasteiger charge is 2.08. The first-order valence-corrected chi connectivity index (χ1v) is 4.95. The Morgan fingerprint density at radius 1 is 1.38 bits per heavy atom. The van der Waals surface area contributed by atoms with Gasteiger partial charge in [-0.05, 0) is 5.56 Å². The van der Waals surface area contributed by atoms with Crippen molar-refractivity contribution in [3.8, 4) is 0 Å². The summed E-state index contributed by atoms with van der Waals surface area (Å²) < 4.78 is 1.64. The van der Waals surface area contributed by atoms with E-state index in [1.54, 1.807) is 18.1 Å². The monoisotopic (exact) mass is 216 g/mol. The molecule has 0 saturated heterocycles. The number of nitrogens with zero attached hydrogens (tertiary/aromatic N) is 3. The molecule has 1 aromatic heterocycles. The summed E-state index contributed by atoms with van der Waals surface area (Å²) in [5.41, 5.74) is 1.12. The molecule has 5 heteroatoms. The van der Waals surface area contributed by atoms with Gasteiger partial charge in [0.1, 0.15) is 6.33 Å². The highest BCUT2D eigenvalue weighted by Crippen LogP contribution is 2.01. The van der Waals surface area contributed by atoms with Crippen LogP contribution in [-0.2, 0) is 6.54 Å². The standard InChI is InChI=1S/C11H12N4O/c1-12-11(16)10-13-8-15(14-10)7-9-5-3-2-4-6-9/h2-6,8H,7H2,1H3,(H,12,16). The smallest absolute Gasteiger partial charge is 0.290 e. The molecule has 0 radical (unpaired) electrons. The molecule has 2 aromatic rings. The van der Waals surface area contributed by atoms with E-state index in [2.05, 4.69) is 15.4 Å². The average molecular weight is 216 g/mol. The van der Waals surface area contributed by atoms with Gasteiger partial charge in [0.15, 0.2) is 0 Å². The summed E-state index contributed by atoms with van der Waals surface area (Å²) in [6.45, 7) is 0.616. The molecule has 5 nitrogen and oxygen atoms in total. The molecule has 0 saturated carbocycles. The van der Waals surface area contributed by atoms with Crippen molar-refractivity contribution < 1.29 is 4.79 Å². The van der Waals surface area contributed by atoms with Crippen molar-refractivity contribution in [1.29, 1.82) is 0 Å². The van der Waals surface area contributed by atoms with E-state index in [0.717, 1.165) is 5.56 Å². The van der Waals surface area contributed by atoms with Gasteiger partial charge in [-0.25, -0.2) is 9.67 Å². The SMILES string of the molecule is CNC(=O)c1ncn(Cc2ccccc2)n1. The zero-order valence-corrected chi connectivity index (χ0v) is 8.92. The lowest BCUT2D eigenvalue weighted by Gasteiger charge is -1.99. The molecule has 0 bridgehead atoms. The van der Waals surface area contributed by atoms with Crippen molar-refractivity contribution in [3.63, 3.8) is 0 Å². The van der Waals surface area contributed by atoms with Crippen LogP contribution >= 0.6 is 0 Å². The highest BCUT2D eigenvalue weighted by molar-refractivity contribution is 5.89. The minimum absolute atomic E-state index is 0.193. The number of aromatic nitrogens is 3. The van der Waals surface area contributed by atoms with Crippen molar-refractivity contribution in [2.24, 2.45) is 0 Å². The fraction of sp³-hybridized carbons (Fsp3) is 0.182. The number of carbonyl (C=O) groups is 1. The number of hydrogen-bond donors (Lipinski definition) is 1. The molecule has 1 amide bonds. The molecule has 0 aliphatic carbocycles. The van der Waals surface area contributed by atoms with Crippen LogP contribution in [0.25, 0.3) is 0 Å². The van der Waals surface area contributed by atoms with Gasteiger partial charge in [-0.1, -0.05) is 30.3 Å². The van der Waals surface area contributed by atoms with Crippen LogP contribution < -0.4 is 5.32 Å². The average Bonchev–Trinajstić information content (AvgIpc) is 2.78. The van der Waals surface area contributed by atoms with Gasteiger partial charge in [0.25, 0.3) is 5.91 Å². The second kappa shape index (κ2) is 4.57. The van der Waals surface area contributed by atoms with Crippen LogP contribution in [0, 0.1) is 0 Å². The summed E-state index contributed by atoms with van der Waals surface area (Å²) in [6.07, 6.45) is 1.55. The minimum Gasteiger partial charge on any atom is -0.352 e. The first-order chi connectivity index (χ1) is 7.79. The Morgan fingerprint density at radius 2 is 2.12 bits per heavy atom. The maximum Gasteiger partial charge on any atom is 0.290 e. The molecule has 0 spiro atoms. The largest absolute Gasteiger partial charge is 0.352 e. The van der Waals surface area contributed by atoms with Gasteiger partial charge in [-0.15, -0.1) is 5.10 Å². The van der Waals surface area contributed by atoms with Gasteiger partial charge in [0.2, 0.25) is 5.82 Å². The van der Waals surface area contributed by atoms with Crippen molar-refractivity contribution in [1.82, 2.24) is 20.1 Å².